The number of aromatic hydroxyl groups is 1. The number of likely N-dealkylation sites (N-methyl/N-ethyl adjacent to an activating group) is 1. The minimum Gasteiger partial charge on any atom is -0.507 e. The van der Waals surface area contributed by atoms with Crippen molar-refractivity contribution in [3.8, 4) is 11.5 Å². The largest absolute Gasteiger partial charge is 0.507 e. The summed E-state index contributed by atoms with van der Waals surface area (Å²) in [4.78, 5) is 11.5. The summed E-state index contributed by atoms with van der Waals surface area (Å²) < 4.78 is 5.00. The fourth-order valence-corrected chi connectivity index (χ4v) is 1.50. The highest BCUT2D eigenvalue weighted by molar-refractivity contribution is 5.81. The molecule has 0 saturated heterocycles. The summed E-state index contributed by atoms with van der Waals surface area (Å²) in [5, 5.41) is 15.5. The third-order valence-electron chi connectivity index (χ3n) is 2.64. The first kappa shape index (κ1) is 14.3. The molecule has 0 aromatic heterocycles. The molecular weight excluding hydrogens is 232 g/mol. The quantitative estimate of drug-likeness (QED) is 0.707. The second kappa shape index (κ2) is 6.86. The zero-order chi connectivity index (χ0) is 13.5. The second-order valence-electron chi connectivity index (χ2n) is 3.99. The Labute approximate surface area is 107 Å². The van der Waals surface area contributed by atoms with E-state index < -0.39 is 0 Å². The third-order valence-corrected chi connectivity index (χ3v) is 2.64. The van der Waals surface area contributed by atoms with Crippen molar-refractivity contribution in [1.82, 2.24) is 10.6 Å². The number of hydrogen-bond acceptors (Lipinski definition) is 4. The first-order chi connectivity index (χ1) is 8.58. The summed E-state index contributed by atoms with van der Waals surface area (Å²) >= 11 is 0. The molecule has 1 atom stereocenters. The van der Waals surface area contributed by atoms with Gasteiger partial charge in [0, 0.05) is 24.7 Å². The van der Waals surface area contributed by atoms with Crippen LogP contribution in [0.3, 0.4) is 0 Å². The van der Waals surface area contributed by atoms with Gasteiger partial charge in [-0.25, -0.2) is 0 Å². The van der Waals surface area contributed by atoms with E-state index in [0.717, 1.165) is 5.56 Å². The monoisotopic (exact) mass is 252 g/mol. The molecule has 0 radical (unpaired) electrons. The van der Waals surface area contributed by atoms with E-state index in [-0.39, 0.29) is 17.7 Å². The molecule has 0 aliphatic heterocycles. The Balaban J connectivity index is 2.55. The van der Waals surface area contributed by atoms with Gasteiger partial charge in [-0.15, -0.1) is 0 Å². The number of carbonyl (C=O) groups is 1. The molecule has 0 aliphatic rings. The lowest BCUT2D eigenvalue weighted by Crippen LogP contribution is -2.41. The van der Waals surface area contributed by atoms with Crippen molar-refractivity contribution in [3.05, 3.63) is 23.8 Å². The van der Waals surface area contributed by atoms with Gasteiger partial charge >= 0.3 is 0 Å². The summed E-state index contributed by atoms with van der Waals surface area (Å²) in [6.45, 7) is 4.69. The van der Waals surface area contributed by atoms with Crippen LogP contribution in [0.15, 0.2) is 18.2 Å². The number of hydrogen-bond donors (Lipinski definition) is 3. The summed E-state index contributed by atoms with van der Waals surface area (Å²) in [6.07, 6.45) is 0. The van der Waals surface area contributed by atoms with Gasteiger partial charge in [0.2, 0.25) is 5.91 Å². The normalized spacial score (nSPS) is 11.9. The van der Waals surface area contributed by atoms with E-state index in [0.29, 0.717) is 18.8 Å². The van der Waals surface area contributed by atoms with E-state index in [9.17, 15) is 9.90 Å². The first-order valence-corrected chi connectivity index (χ1v) is 5.95. The molecule has 0 aliphatic carbocycles. The van der Waals surface area contributed by atoms with Crippen molar-refractivity contribution < 1.29 is 14.6 Å². The van der Waals surface area contributed by atoms with Crippen LogP contribution in [0.1, 0.15) is 19.4 Å². The number of methoxy groups -OCH3 is 1. The molecule has 5 heteroatoms. The highest BCUT2D eigenvalue weighted by Crippen LogP contribution is 2.23. The van der Waals surface area contributed by atoms with Crippen LogP contribution in [0, 0.1) is 0 Å². The SMILES string of the molecule is CCNC(=O)C(C)NCc1ccc(OC)cc1O. The highest BCUT2D eigenvalue weighted by atomic mass is 16.5. The maximum absolute atomic E-state index is 11.5. The number of ether oxygens (including phenoxy) is 1. The molecule has 1 amide bonds. The lowest BCUT2D eigenvalue weighted by atomic mass is 10.1. The predicted octanol–water partition coefficient (Wildman–Crippen LogP) is 1.01. The Kier molecular flexibility index (Phi) is 5.45. The van der Waals surface area contributed by atoms with Crippen LogP contribution in [0.5, 0.6) is 11.5 Å². The second-order valence-corrected chi connectivity index (χ2v) is 3.99. The summed E-state index contributed by atoms with van der Waals surface area (Å²) in [6, 6.07) is 4.79. The van der Waals surface area contributed by atoms with Gasteiger partial charge in [0.25, 0.3) is 0 Å². The molecule has 100 valence electrons. The molecule has 0 fully saturated rings. The summed E-state index contributed by atoms with van der Waals surface area (Å²) in [5.41, 5.74) is 0.729. The van der Waals surface area contributed by atoms with E-state index in [1.165, 1.54) is 0 Å². The number of nitrogens with one attached hydrogen (secondary N) is 2. The number of carbonyl (C=O) groups excluding carboxylic acids is 1. The lowest BCUT2D eigenvalue weighted by Gasteiger charge is -2.14. The van der Waals surface area contributed by atoms with Gasteiger partial charge in [-0.3, -0.25) is 4.79 Å². The molecule has 0 bridgehead atoms. The Morgan fingerprint density at radius 3 is 2.78 bits per heavy atom. The number of phenolic OH excluding ortho intramolecular Hbond substituents is 1. The van der Waals surface area contributed by atoms with Gasteiger partial charge in [-0.05, 0) is 19.9 Å². The van der Waals surface area contributed by atoms with Crippen molar-refractivity contribution >= 4 is 5.91 Å². The topological polar surface area (TPSA) is 70.6 Å². The van der Waals surface area contributed by atoms with Crippen LogP contribution in [0.4, 0.5) is 0 Å². The zero-order valence-corrected chi connectivity index (χ0v) is 11.0. The minimum absolute atomic E-state index is 0.0505. The van der Waals surface area contributed by atoms with Gasteiger partial charge in [-0.1, -0.05) is 6.07 Å². The fraction of sp³-hybridized carbons (Fsp3) is 0.462. The van der Waals surface area contributed by atoms with Crippen LogP contribution < -0.4 is 15.4 Å². The molecular formula is C13H20N2O3. The average Bonchev–Trinajstić information content (AvgIpc) is 2.37. The Morgan fingerprint density at radius 2 is 2.22 bits per heavy atom. The van der Waals surface area contributed by atoms with Crippen LogP contribution in [-0.4, -0.2) is 30.7 Å². The van der Waals surface area contributed by atoms with E-state index in [2.05, 4.69) is 10.6 Å². The standard InChI is InChI=1S/C13H20N2O3/c1-4-14-13(17)9(2)15-8-10-5-6-11(18-3)7-12(10)16/h5-7,9,15-16H,4,8H2,1-3H3,(H,14,17). The van der Waals surface area contributed by atoms with Gasteiger partial charge in [0.15, 0.2) is 0 Å². The molecule has 1 aromatic carbocycles. The molecule has 1 rings (SSSR count). The zero-order valence-electron chi connectivity index (χ0n) is 11.0. The average molecular weight is 252 g/mol. The van der Waals surface area contributed by atoms with Crippen LogP contribution in [-0.2, 0) is 11.3 Å². The molecule has 0 saturated carbocycles. The van der Waals surface area contributed by atoms with Crippen LogP contribution in [0.25, 0.3) is 0 Å². The molecule has 18 heavy (non-hydrogen) atoms. The smallest absolute Gasteiger partial charge is 0.236 e. The lowest BCUT2D eigenvalue weighted by molar-refractivity contribution is -0.122. The summed E-state index contributed by atoms with van der Waals surface area (Å²) in [7, 11) is 1.55. The maximum atomic E-state index is 11.5. The molecule has 0 spiro atoms. The summed E-state index contributed by atoms with van der Waals surface area (Å²) in [5.74, 6) is 0.712. The maximum Gasteiger partial charge on any atom is 0.236 e. The fourth-order valence-electron chi connectivity index (χ4n) is 1.50. The number of rotatable bonds is 6. The van der Waals surface area contributed by atoms with Crippen molar-refractivity contribution in [3.63, 3.8) is 0 Å². The van der Waals surface area contributed by atoms with Gasteiger partial charge in [-0.2, -0.15) is 0 Å². The number of benzene rings is 1. The molecule has 1 aromatic rings. The van der Waals surface area contributed by atoms with E-state index in [1.54, 1.807) is 32.2 Å². The van der Waals surface area contributed by atoms with Gasteiger partial charge in [0.05, 0.1) is 13.2 Å². The van der Waals surface area contributed by atoms with Gasteiger partial charge < -0.3 is 20.5 Å². The number of phenols is 1. The minimum atomic E-state index is -0.300. The van der Waals surface area contributed by atoms with E-state index in [4.69, 9.17) is 4.74 Å². The molecule has 1 unspecified atom stereocenters. The molecule has 3 N–H and O–H groups in total. The molecule has 0 heterocycles. The van der Waals surface area contributed by atoms with Crippen molar-refractivity contribution in [2.75, 3.05) is 13.7 Å². The third kappa shape index (κ3) is 3.92. The van der Waals surface area contributed by atoms with E-state index in [1.807, 2.05) is 6.92 Å². The molecule has 5 nitrogen and oxygen atoms in total. The Morgan fingerprint density at radius 1 is 1.50 bits per heavy atom. The van der Waals surface area contributed by atoms with Crippen LogP contribution >= 0.6 is 0 Å². The van der Waals surface area contributed by atoms with Gasteiger partial charge in [0.1, 0.15) is 11.5 Å². The Hall–Kier alpha value is -1.75. The number of amides is 1. The predicted molar refractivity (Wildman–Crippen MR) is 69.6 cm³/mol. The van der Waals surface area contributed by atoms with Crippen molar-refractivity contribution in [2.24, 2.45) is 0 Å². The first-order valence-electron chi connectivity index (χ1n) is 5.95. The van der Waals surface area contributed by atoms with Crippen LogP contribution in [0.2, 0.25) is 0 Å². The van der Waals surface area contributed by atoms with Crippen molar-refractivity contribution in [2.45, 2.75) is 26.4 Å². The highest BCUT2D eigenvalue weighted by Gasteiger charge is 2.11. The van der Waals surface area contributed by atoms with Crippen molar-refractivity contribution in [1.29, 1.82) is 0 Å². The Bertz CT molecular complexity index is 407. The van der Waals surface area contributed by atoms with E-state index >= 15 is 0 Å².